The summed E-state index contributed by atoms with van der Waals surface area (Å²) < 4.78 is 6.81. The Labute approximate surface area is 176 Å². The summed E-state index contributed by atoms with van der Waals surface area (Å²) in [5.74, 6) is 1.01. The van der Waals surface area contributed by atoms with E-state index in [0.717, 1.165) is 18.5 Å². The standard InChI is InChI=1S/C24H34O2SSi/c1-17-18(2)23(27-20-13-10-9-11-14-20)19(3)21(15-12-16-25)22(17)26-28(7,8)24(4,5)6/h9-11,13-14,16H,12,15H2,1-8H3. The molecule has 0 amide bonds. The lowest BCUT2D eigenvalue weighted by molar-refractivity contribution is -0.107. The summed E-state index contributed by atoms with van der Waals surface area (Å²) in [7, 11) is -1.98. The van der Waals surface area contributed by atoms with Gasteiger partial charge in [0.15, 0.2) is 0 Å². The summed E-state index contributed by atoms with van der Waals surface area (Å²) in [6.45, 7) is 17.9. The van der Waals surface area contributed by atoms with Crippen LogP contribution in [0, 0.1) is 20.8 Å². The number of rotatable bonds is 7. The minimum Gasteiger partial charge on any atom is -0.543 e. The van der Waals surface area contributed by atoms with E-state index in [1.165, 1.54) is 32.0 Å². The van der Waals surface area contributed by atoms with E-state index in [1.54, 1.807) is 11.8 Å². The normalized spacial score (nSPS) is 12.1. The molecule has 0 saturated heterocycles. The predicted octanol–water partition coefficient (Wildman–Crippen LogP) is 7.28. The largest absolute Gasteiger partial charge is 0.543 e. The van der Waals surface area contributed by atoms with Gasteiger partial charge < -0.3 is 9.22 Å². The number of carbonyl (C=O) groups is 1. The molecule has 0 aliphatic heterocycles. The lowest BCUT2D eigenvalue weighted by Crippen LogP contribution is -2.44. The molecule has 0 unspecified atom stereocenters. The molecule has 0 aromatic heterocycles. The van der Waals surface area contributed by atoms with Crippen LogP contribution in [0.15, 0.2) is 40.1 Å². The maximum Gasteiger partial charge on any atom is 0.250 e. The molecule has 2 aromatic rings. The van der Waals surface area contributed by atoms with Crippen LogP contribution in [0.25, 0.3) is 0 Å². The molecule has 0 radical (unpaired) electrons. The second-order valence-electron chi connectivity index (χ2n) is 8.99. The molecule has 0 saturated carbocycles. The van der Waals surface area contributed by atoms with Crippen LogP contribution in [0.1, 0.15) is 49.4 Å². The van der Waals surface area contributed by atoms with Gasteiger partial charge in [-0.25, -0.2) is 0 Å². The van der Waals surface area contributed by atoms with E-state index in [0.29, 0.717) is 6.42 Å². The number of carbonyl (C=O) groups excluding carboxylic acids is 1. The molecule has 0 aliphatic carbocycles. The Kier molecular flexibility index (Phi) is 7.21. The summed E-state index contributed by atoms with van der Waals surface area (Å²) >= 11 is 1.80. The van der Waals surface area contributed by atoms with E-state index in [1.807, 2.05) is 6.07 Å². The fraction of sp³-hybridized carbons (Fsp3) is 0.458. The zero-order valence-corrected chi connectivity index (χ0v) is 20.4. The SMILES string of the molecule is Cc1c(C)c(Sc2ccccc2)c(C)c(CCC=O)c1O[Si](C)(C)C(C)(C)C. The van der Waals surface area contributed by atoms with Gasteiger partial charge >= 0.3 is 0 Å². The number of hydrogen-bond donors (Lipinski definition) is 0. The van der Waals surface area contributed by atoms with Crippen molar-refractivity contribution in [2.75, 3.05) is 0 Å². The van der Waals surface area contributed by atoms with Crippen molar-refractivity contribution < 1.29 is 9.22 Å². The first kappa shape index (κ1) is 22.8. The highest BCUT2D eigenvalue weighted by molar-refractivity contribution is 7.99. The first-order valence-corrected chi connectivity index (χ1v) is 13.7. The molecule has 0 atom stereocenters. The zero-order chi connectivity index (χ0) is 21.1. The Morgan fingerprint density at radius 1 is 1.00 bits per heavy atom. The highest BCUT2D eigenvalue weighted by Gasteiger charge is 2.40. The van der Waals surface area contributed by atoms with Crippen molar-refractivity contribution in [3.8, 4) is 5.75 Å². The second-order valence-corrected chi connectivity index (χ2v) is 14.8. The average molecular weight is 415 g/mol. The summed E-state index contributed by atoms with van der Waals surface area (Å²) in [5.41, 5.74) is 4.91. The van der Waals surface area contributed by atoms with Crippen molar-refractivity contribution in [2.45, 2.75) is 82.3 Å². The van der Waals surface area contributed by atoms with Crippen molar-refractivity contribution >= 4 is 26.4 Å². The van der Waals surface area contributed by atoms with Gasteiger partial charge in [0, 0.05) is 16.2 Å². The Balaban J connectivity index is 2.60. The van der Waals surface area contributed by atoms with Crippen molar-refractivity contribution in [3.63, 3.8) is 0 Å². The number of benzene rings is 2. The Morgan fingerprint density at radius 2 is 1.61 bits per heavy atom. The topological polar surface area (TPSA) is 26.3 Å². The maximum absolute atomic E-state index is 11.1. The third kappa shape index (κ3) is 4.90. The minimum atomic E-state index is -1.98. The van der Waals surface area contributed by atoms with Crippen LogP contribution in [0.2, 0.25) is 18.1 Å². The molecule has 0 aliphatic rings. The molecule has 0 fully saturated rings. The number of hydrogen-bond acceptors (Lipinski definition) is 3. The lowest BCUT2D eigenvalue weighted by atomic mass is 9.96. The molecular weight excluding hydrogens is 380 g/mol. The molecule has 0 spiro atoms. The van der Waals surface area contributed by atoms with Gasteiger partial charge in [-0.15, -0.1) is 0 Å². The molecule has 2 rings (SSSR count). The Hall–Kier alpha value is -1.52. The van der Waals surface area contributed by atoms with E-state index in [9.17, 15) is 4.79 Å². The van der Waals surface area contributed by atoms with Gasteiger partial charge in [0.2, 0.25) is 0 Å². The molecule has 0 heterocycles. The summed E-state index contributed by atoms with van der Waals surface area (Å²) in [4.78, 5) is 13.6. The van der Waals surface area contributed by atoms with Gasteiger partial charge in [-0.3, -0.25) is 0 Å². The smallest absolute Gasteiger partial charge is 0.250 e. The van der Waals surface area contributed by atoms with E-state index >= 15 is 0 Å². The quantitative estimate of drug-likeness (QED) is 0.352. The first-order chi connectivity index (χ1) is 13.0. The maximum atomic E-state index is 11.1. The highest BCUT2D eigenvalue weighted by atomic mass is 32.2. The molecule has 2 aromatic carbocycles. The van der Waals surface area contributed by atoms with Crippen molar-refractivity contribution in [2.24, 2.45) is 0 Å². The van der Waals surface area contributed by atoms with Crippen LogP contribution in [-0.2, 0) is 11.2 Å². The van der Waals surface area contributed by atoms with E-state index in [4.69, 9.17) is 4.43 Å². The van der Waals surface area contributed by atoms with E-state index < -0.39 is 8.32 Å². The third-order valence-corrected chi connectivity index (χ3v) is 11.6. The van der Waals surface area contributed by atoms with Crippen LogP contribution in [0.4, 0.5) is 0 Å². The van der Waals surface area contributed by atoms with Crippen LogP contribution in [-0.4, -0.2) is 14.6 Å². The predicted molar refractivity (Wildman–Crippen MR) is 123 cm³/mol. The molecule has 2 nitrogen and oxygen atoms in total. The molecule has 152 valence electrons. The molecule has 4 heteroatoms. The Bertz CT molecular complexity index is 836. The van der Waals surface area contributed by atoms with Crippen LogP contribution in [0.5, 0.6) is 5.75 Å². The monoisotopic (exact) mass is 414 g/mol. The Morgan fingerprint density at radius 3 is 2.14 bits per heavy atom. The van der Waals surface area contributed by atoms with Crippen LogP contribution < -0.4 is 4.43 Å². The summed E-state index contributed by atoms with van der Waals surface area (Å²) in [5, 5.41) is 0.126. The fourth-order valence-corrected chi connectivity index (χ4v) is 5.17. The number of aldehydes is 1. The van der Waals surface area contributed by atoms with Crippen LogP contribution >= 0.6 is 11.8 Å². The zero-order valence-electron chi connectivity index (χ0n) is 18.6. The highest BCUT2D eigenvalue weighted by Crippen LogP contribution is 2.45. The molecule has 0 bridgehead atoms. The van der Waals surface area contributed by atoms with Crippen molar-refractivity contribution in [1.82, 2.24) is 0 Å². The van der Waals surface area contributed by atoms with Gasteiger partial charge in [-0.1, -0.05) is 50.7 Å². The average Bonchev–Trinajstić information content (AvgIpc) is 2.63. The molecule has 28 heavy (non-hydrogen) atoms. The molecular formula is C24H34O2SSi. The van der Waals surface area contributed by atoms with Crippen molar-refractivity contribution in [3.05, 3.63) is 52.6 Å². The van der Waals surface area contributed by atoms with Gasteiger partial charge in [0.05, 0.1) is 0 Å². The van der Waals surface area contributed by atoms with Gasteiger partial charge in [0.1, 0.15) is 12.0 Å². The van der Waals surface area contributed by atoms with Gasteiger partial charge in [-0.2, -0.15) is 0 Å². The summed E-state index contributed by atoms with van der Waals surface area (Å²) in [6, 6.07) is 10.5. The van der Waals surface area contributed by atoms with E-state index in [-0.39, 0.29) is 5.04 Å². The van der Waals surface area contributed by atoms with Gasteiger partial charge in [-0.05, 0) is 79.7 Å². The van der Waals surface area contributed by atoms with Crippen molar-refractivity contribution in [1.29, 1.82) is 0 Å². The fourth-order valence-electron chi connectivity index (χ4n) is 2.97. The third-order valence-electron chi connectivity index (χ3n) is 5.95. The van der Waals surface area contributed by atoms with Crippen LogP contribution in [0.3, 0.4) is 0 Å². The van der Waals surface area contributed by atoms with E-state index in [2.05, 4.69) is 78.9 Å². The first-order valence-electron chi connectivity index (χ1n) is 9.97. The second kappa shape index (κ2) is 8.87. The minimum absolute atomic E-state index is 0.126. The summed E-state index contributed by atoms with van der Waals surface area (Å²) in [6.07, 6.45) is 2.25. The molecule has 0 N–H and O–H groups in total. The lowest BCUT2D eigenvalue weighted by Gasteiger charge is -2.38. The van der Waals surface area contributed by atoms with Gasteiger partial charge in [0.25, 0.3) is 8.32 Å².